The number of hydrogen-bond donors (Lipinski definition) is 1. The number of hydrogen-bond acceptors (Lipinski definition) is 7. The molecule has 2 aromatic rings. The molecular formula is C23H28NO7P. The molecule has 172 valence electrons. The normalized spacial score (nSPS) is 14.3. The Labute approximate surface area is 187 Å². The van der Waals surface area contributed by atoms with Gasteiger partial charge in [0, 0.05) is 13.1 Å². The van der Waals surface area contributed by atoms with Gasteiger partial charge in [-0.2, -0.15) is 0 Å². The van der Waals surface area contributed by atoms with Gasteiger partial charge in [0.15, 0.2) is 5.85 Å². The number of nitrogens with one attached hydrogen (secondary N) is 1. The highest BCUT2D eigenvalue weighted by Gasteiger charge is 2.34. The summed E-state index contributed by atoms with van der Waals surface area (Å²) in [4.78, 5) is 36.0. The Morgan fingerprint density at radius 1 is 1.00 bits per heavy atom. The van der Waals surface area contributed by atoms with Gasteiger partial charge in [0.25, 0.3) is 0 Å². The lowest BCUT2D eigenvalue weighted by atomic mass is 10.2. The van der Waals surface area contributed by atoms with Crippen LogP contribution in [0.3, 0.4) is 0 Å². The smallest absolute Gasteiger partial charge is 0.408 e. The summed E-state index contributed by atoms with van der Waals surface area (Å²) < 4.78 is 28.8. The van der Waals surface area contributed by atoms with E-state index in [0.29, 0.717) is 5.56 Å². The first-order valence-corrected chi connectivity index (χ1v) is 12.5. The Balaban J connectivity index is 2.05. The van der Waals surface area contributed by atoms with Crippen LogP contribution in [0.2, 0.25) is 0 Å². The molecule has 0 aliphatic rings. The second-order valence-corrected chi connectivity index (χ2v) is 10.6. The monoisotopic (exact) mass is 461 g/mol. The van der Waals surface area contributed by atoms with Crippen LogP contribution in [-0.2, 0) is 35.0 Å². The van der Waals surface area contributed by atoms with Gasteiger partial charge in [0.05, 0.1) is 7.11 Å². The minimum atomic E-state index is -3.13. The summed E-state index contributed by atoms with van der Waals surface area (Å²) >= 11 is 0. The van der Waals surface area contributed by atoms with E-state index in [2.05, 4.69) is 5.32 Å². The Morgan fingerprint density at radius 3 is 2.16 bits per heavy atom. The van der Waals surface area contributed by atoms with Crippen molar-refractivity contribution in [3.8, 4) is 0 Å². The molecule has 9 heteroatoms. The minimum absolute atomic E-state index is 0.0193. The van der Waals surface area contributed by atoms with Crippen molar-refractivity contribution in [2.45, 2.75) is 31.8 Å². The summed E-state index contributed by atoms with van der Waals surface area (Å²) in [6.07, 6.45) is -0.751. The van der Waals surface area contributed by atoms with Crippen LogP contribution >= 0.6 is 7.14 Å². The minimum Gasteiger partial charge on any atom is -0.467 e. The van der Waals surface area contributed by atoms with Crippen molar-refractivity contribution in [2.75, 3.05) is 19.9 Å². The molecule has 0 saturated heterocycles. The molecule has 2 unspecified atom stereocenters. The molecular weight excluding hydrogens is 433 g/mol. The summed E-state index contributed by atoms with van der Waals surface area (Å²) in [6, 6.07) is 16.8. The number of benzene rings is 2. The molecule has 0 aromatic heterocycles. The van der Waals surface area contributed by atoms with Gasteiger partial charge in [0.2, 0.25) is 0 Å². The molecule has 0 saturated carbocycles. The van der Waals surface area contributed by atoms with E-state index in [1.54, 1.807) is 42.5 Å². The molecule has 0 radical (unpaired) electrons. The molecule has 0 aliphatic carbocycles. The van der Waals surface area contributed by atoms with Crippen LogP contribution in [-0.4, -0.2) is 44.0 Å². The van der Waals surface area contributed by atoms with Crippen molar-refractivity contribution in [2.24, 2.45) is 0 Å². The Bertz CT molecular complexity index is 949. The van der Waals surface area contributed by atoms with Gasteiger partial charge in [-0.15, -0.1) is 0 Å². The molecule has 2 aromatic carbocycles. The third-order valence-electron chi connectivity index (χ3n) is 4.71. The topological polar surface area (TPSA) is 108 Å². The van der Waals surface area contributed by atoms with Crippen LogP contribution in [0, 0.1) is 0 Å². The van der Waals surface area contributed by atoms with Gasteiger partial charge >= 0.3 is 18.0 Å². The first-order chi connectivity index (χ1) is 15.2. The molecule has 3 atom stereocenters. The van der Waals surface area contributed by atoms with E-state index in [9.17, 15) is 18.9 Å². The SMILES string of the molecule is COC(=O)[C@H](CCP(C)(=O)C(OC(C)=O)c1ccccc1)NC(=O)OCc1ccccc1. The number of methoxy groups -OCH3 is 1. The maximum atomic E-state index is 13.5. The standard InChI is InChI=1S/C23H28NO7P/c1-17(25)31-22(19-12-8-5-9-13-19)32(3,28)15-14-20(21(26)29-2)24-23(27)30-16-18-10-6-4-7-11-18/h4-13,20,22H,14-16H2,1-3H3,(H,24,27)/t20-,22?,32?/m0/s1. The van der Waals surface area contributed by atoms with Crippen LogP contribution in [0.4, 0.5) is 4.79 Å². The lowest BCUT2D eigenvalue weighted by Crippen LogP contribution is -2.42. The van der Waals surface area contributed by atoms with Crippen LogP contribution < -0.4 is 5.32 Å². The number of alkyl carbamates (subject to hydrolysis) is 1. The molecule has 0 spiro atoms. The van der Waals surface area contributed by atoms with E-state index in [1.165, 1.54) is 20.7 Å². The van der Waals surface area contributed by atoms with E-state index in [1.807, 2.05) is 18.2 Å². The third kappa shape index (κ3) is 7.85. The van der Waals surface area contributed by atoms with Crippen LogP contribution in [0.1, 0.15) is 30.3 Å². The van der Waals surface area contributed by atoms with Gasteiger partial charge in [-0.25, -0.2) is 9.59 Å². The van der Waals surface area contributed by atoms with E-state index in [0.717, 1.165) is 5.56 Å². The Morgan fingerprint density at radius 2 is 1.59 bits per heavy atom. The summed E-state index contributed by atoms with van der Waals surface area (Å²) in [7, 11) is -1.93. The summed E-state index contributed by atoms with van der Waals surface area (Å²) in [5, 5.41) is 2.47. The van der Waals surface area contributed by atoms with Crippen molar-refractivity contribution in [1.29, 1.82) is 0 Å². The summed E-state index contributed by atoms with van der Waals surface area (Å²) in [5.41, 5.74) is 1.39. The fourth-order valence-electron chi connectivity index (χ4n) is 3.07. The predicted molar refractivity (Wildman–Crippen MR) is 120 cm³/mol. The van der Waals surface area contributed by atoms with Gasteiger partial charge in [-0.1, -0.05) is 60.7 Å². The van der Waals surface area contributed by atoms with E-state index in [-0.39, 0.29) is 19.2 Å². The molecule has 0 heterocycles. The average molecular weight is 461 g/mol. The molecule has 0 aliphatic heterocycles. The van der Waals surface area contributed by atoms with Crippen LogP contribution in [0.15, 0.2) is 60.7 Å². The van der Waals surface area contributed by atoms with Gasteiger partial charge in [0.1, 0.15) is 19.8 Å². The van der Waals surface area contributed by atoms with Gasteiger partial charge in [-0.05, 0) is 24.2 Å². The first kappa shape index (κ1) is 25.1. The van der Waals surface area contributed by atoms with Crippen molar-refractivity contribution in [3.63, 3.8) is 0 Å². The average Bonchev–Trinajstić information content (AvgIpc) is 2.79. The fourth-order valence-corrected chi connectivity index (χ4v) is 5.25. The molecule has 0 bridgehead atoms. The molecule has 1 amide bonds. The number of amides is 1. The summed E-state index contributed by atoms with van der Waals surface area (Å²) in [5.74, 6) is -2.21. The second-order valence-electron chi connectivity index (χ2n) is 7.34. The molecule has 8 nitrogen and oxygen atoms in total. The molecule has 1 N–H and O–H groups in total. The second kappa shape index (κ2) is 12.1. The van der Waals surface area contributed by atoms with Gasteiger partial charge in [-0.3, -0.25) is 4.79 Å². The number of ether oxygens (including phenoxy) is 3. The first-order valence-electron chi connectivity index (χ1n) is 10.1. The quantitative estimate of drug-likeness (QED) is 0.322. The number of rotatable bonds is 10. The van der Waals surface area contributed by atoms with E-state index in [4.69, 9.17) is 14.2 Å². The summed E-state index contributed by atoms with van der Waals surface area (Å²) in [6.45, 7) is 2.79. The van der Waals surface area contributed by atoms with Gasteiger partial charge < -0.3 is 24.1 Å². The van der Waals surface area contributed by atoms with E-state index >= 15 is 0 Å². The predicted octanol–water partition coefficient (Wildman–Crippen LogP) is 4.10. The fraction of sp³-hybridized carbons (Fsp3) is 0.348. The van der Waals surface area contributed by atoms with E-state index < -0.39 is 37.1 Å². The lowest BCUT2D eigenvalue weighted by Gasteiger charge is -2.26. The highest BCUT2D eigenvalue weighted by Crippen LogP contribution is 2.57. The highest BCUT2D eigenvalue weighted by molar-refractivity contribution is 7.63. The number of carbonyl (C=O) groups is 3. The van der Waals surface area contributed by atoms with Crippen molar-refractivity contribution in [3.05, 3.63) is 71.8 Å². The number of carbonyl (C=O) groups excluding carboxylic acids is 3. The highest BCUT2D eigenvalue weighted by atomic mass is 31.2. The lowest BCUT2D eigenvalue weighted by molar-refractivity contribution is -0.144. The maximum absolute atomic E-state index is 13.5. The van der Waals surface area contributed by atoms with Crippen molar-refractivity contribution >= 4 is 25.2 Å². The largest absolute Gasteiger partial charge is 0.467 e. The van der Waals surface area contributed by atoms with Crippen LogP contribution in [0.5, 0.6) is 0 Å². The Kier molecular flexibility index (Phi) is 9.47. The Hall–Kier alpha value is -3.12. The third-order valence-corrected chi connectivity index (χ3v) is 7.25. The molecule has 32 heavy (non-hydrogen) atoms. The molecule has 2 rings (SSSR count). The van der Waals surface area contributed by atoms with Crippen LogP contribution in [0.25, 0.3) is 0 Å². The maximum Gasteiger partial charge on any atom is 0.408 e. The zero-order valence-electron chi connectivity index (χ0n) is 18.4. The zero-order valence-corrected chi connectivity index (χ0v) is 19.2. The van der Waals surface area contributed by atoms with Crippen molar-refractivity contribution < 1.29 is 33.2 Å². The molecule has 0 fully saturated rings. The zero-order chi connectivity index (χ0) is 23.6. The number of esters is 2. The van der Waals surface area contributed by atoms with Crippen molar-refractivity contribution in [1.82, 2.24) is 5.32 Å².